The van der Waals surface area contributed by atoms with Crippen LogP contribution in [0.1, 0.15) is 71.6 Å². The number of allylic oxidation sites excluding steroid dienone is 3. The highest BCUT2D eigenvalue weighted by molar-refractivity contribution is 5.85. The Hall–Kier alpha value is -1.25. The summed E-state index contributed by atoms with van der Waals surface area (Å²) in [5.74, 6) is 1.45. The standard InChI is InChI=1S/C22H32O3/c1-21-12-5-4-6-14(21)7-8-15-16-9-10-18(19(25-3)20(23)24)22(16,2)13-11-17(15)21/h7,15-17H,4-6,8-13H2,1-3H3,(H,23,24)/b19-18-/t15-,16-,17-,21-,22-/m0/s1. The fourth-order valence-corrected chi connectivity index (χ4v) is 7.22. The summed E-state index contributed by atoms with van der Waals surface area (Å²) in [4.78, 5) is 11.7. The first kappa shape index (κ1) is 17.2. The molecule has 3 heteroatoms. The lowest BCUT2D eigenvalue weighted by Crippen LogP contribution is -2.48. The molecule has 138 valence electrons. The van der Waals surface area contributed by atoms with Crippen molar-refractivity contribution in [3.05, 3.63) is 23.0 Å². The largest absolute Gasteiger partial charge is 0.490 e. The summed E-state index contributed by atoms with van der Waals surface area (Å²) in [7, 11) is 1.51. The molecule has 0 unspecified atom stereocenters. The van der Waals surface area contributed by atoms with Gasteiger partial charge in [-0.25, -0.2) is 4.79 Å². The van der Waals surface area contributed by atoms with Crippen molar-refractivity contribution in [1.29, 1.82) is 0 Å². The van der Waals surface area contributed by atoms with E-state index in [-0.39, 0.29) is 11.2 Å². The molecular weight excluding hydrogens is 312 g/mol. The molecule has 0 radical (unpaired) electrons. The maximum atomic E-state index is 11.7. The lowest BCUT2D eigenvalue weighted by atomic mass is 9.48. The molecular formula is C22H32O3. The highest BCUT2D eigenvalue weighted by atomic mass is 16.5. The van der Waals surface area contributed by atoms with E-state index in [1.807, 2.05) is 0 Å². The van der Waals surface area contributed by atoms with E-state index in [9.17, 15) is 9.90 Å². The monoisotopic (exact) mass is 344 g/mol. The van der Waals surface area contributed by atoms with E-state index in [2.05, 4.69) is 19.9 Å². The number of hydrogen-bond donors (Lipinski definition) is 1. The highest BCUT2D eigenvalue weighted by Gasteiger charge is 2.57. The van der Waals surface area contributed by atoms with Crippen LogP contribution >= 0.6 is 0 Å². The third kappa shape index (κ3) is 2.34. The summed E-state index contributed by atoms with van der Waals surface area (Å²) in [5.41, 5.74) is 3.24. The maximum Gasteiger partial charge on any atom is 0.371 e. The van der Waals surface area contributed by atoms with E-state index in [1.165, 1.54) is 45.6 Å². The highest BCUT2D eigenvalue weighted by Crippen LogP contribution is 2.66. The van der Waals surface area contributed by atoms with Crippen molar-refractivity contribution in [1.82, 2.24) is 0 Å². The Balaban J connectivity index is 1.71. The van der Waals surface area contributed by atoms with Crippen LogP contribution in [0.2, 0.25) is 0 Å². The van der Waals surface area contributed by atoms with Gasteiger partial charge in [0.05, 0.1) is 7.11 Å². The minimum absolute atomic E-state index is 0.0151. The zero-order chi connectivity index (χ0) is 17.8. The normalized spacial score (nSPS) is 44.9. The molecule has 3 nitrogen and oxygen atoms in total. The quantitative estimate of drug-likeness (QED) is 0.419. The van der Waals surface area contributed by atoms with E-state index in [0.717, 1.165) is 36.7 Å². The van der Waals surface area contributed by atoms with Crippen LogP contribution in [0, 0.1) is 28.6 Å². The van der Waals surface area contributed by atoms with Crippen LogP contribution in [0.4, 0.5) is 0 Å². The molecule has 0 aromatic heterocycles. The lowest BCUT2D eigenvalue weighted by molar-refractivity contribution is -0.136. The van der Waals surface area contributed by atoms with Crippen molar-refractivity contribution in [2.24, 2.45) is 28.6 Å². The lowest BCUT2D eigenvalue weighted by Gasteiger charge is -2.57. The number of carboxylic acids is 1. The minimum Gasteiger partial charge on any atom is -0.490 e. The average molecular weight is 344 g/mol. The summed E-state index contributed by atoms with van der Waals surface area (Å²) < 4.78 is 5.32. The SMILES string of the molecule is CO/C(C(=O)O)=C1/CC[C@H]2[C@@H]3CC=C4CCCC[C@]4(C)[C@H]3CC[C@]12C. The fourth-order valence-electron chi connectivity index (χ4n) is 7.22. The molecule has 0 saturated heterocycles. The predicted molar refractivity (Wildman–Crippen MR) is 98.0 cm³/mol. The molecule has 4 aliphatic rings. The molecule has 4 rings (SSSR count). The third-order valence-corrected chi connectivity index (χ3v) is 8.47. The molecule has 0 aromatic rings. The van der Waals surface area contributed by atoms with Gasteiger partial charge in [0.25, 0.3) is 0 Å². The number of carbonyl (C=O) groups is 1. The summed E-state index contributed by atoms with van der Waals surface area (Å²) in [5, 5.41) is 9.57. The third-order valence-electron chi connectivity index (χ3n) is 8.47. The van der Waals surface area contributed by atoms with Crippen molar-refractivity contribution >= 4 is 5.97 Å². The first-order chi connectivity index (χ1) is 11.9. The average Bonchev–Trinajstić information content (AvgIpc) is 2.92. The second-order valence-electron chi connectivity index (χ2n) is 9.28. The molecule has 0 heterocycles. The first-order valence-corrected chi connectivity index (χ1v) is 10.1. The Morgan fingerprint density at radius 1 is 1.12 bits per heavy atom. The number of carboxylic acid groups (broad SMARTS) is 1. The number of rotatable bonds is 2. The molecule has 5 atom stereocenters. The Morgan fingerprint density at radius 2 is 1.88 bits per heavy atom. The van der Waals surface area contributed by atoms with Crippen LogP contribution in [-0.2, 0) is 9.53 Å². The molecule has 4 aliphatic carbocycles. The smallest absolute Gasteiger partial charge is 0.371 e. The van der Waals surface area contributed by atoms with Gasteiger partial charge >= 0.3 is 5.97 Å². The zero-order valence-corrected chi connectivity index (χ0v) is 15.9. The number of methoxy groups -OCH3 is 1. The van der Waals surface area contributed by atoms with E-state index in [0.29, 0.717) is 11.3 Å². The Labute approximate surface area is 151 Å². The number of aliphatic carboxylic acids is 1. The van der Waals surface area contributed by atoms with Gasteiger partial charge in [-0.15, -0.1) is 0 Å². The second kappa shape index (κ2) is 5.89. The van der Waals surface area contributed by atoms with Crippen LogP contribution in [-0.4, -0.2) is 18.2 Å². The molecule has 0 amide bonds. The molecule has 0 aliphatic heterocycles. The van der Waals surface area contributed by atoms with Gasteiger partial charge in [-0.1, -0.05) is 31.9 Å². The fraction of sp³-hybridized carbons (Fsp3) is 0.773. The Morgan fingerprint density at radius 3 is 2.60 bits per heavy atom. The molecule has 0 aromatic carbocycles. The molecule has 0 bridgehead atoms. The van der Waals surface area contributed by atoms with Gasteiger partial charge in [0.15, 0.2) is 0 Å². The van der Waals surface area contributed by atoms with Crippen molar-refractivity contribution in [2.75, 3.05) is 7.11 Å². The van der Waals surface area contributed by atoms with E-state index < -0.39 is 5.97 Å². The topological polar surface area (TPSA) is 46.5 Å². The van der Waals surface area contributed by atoms with Gasteiger partial charge in [-0.05, 0) is 85.5 Å². The van der Waals surface area contributed by atoms with Gasteiger partial charge in [-0.2, -0.15) is 0 Å². The Kier molecular flexibility index (Phi) is 4.05. The minimum atomic E-state index is -0.897. The van der Waals surface area contributed by atoms with Crippen LogP contribution in [0.15, 0.2) is 23.0 Å². The Bertz CT molecular complexity index is 646. The second-order valence-corrected chi connectivity index (χ2v) is 9.28. The van der Waals surface area contributed by atoms with Crippen molar-refractivity contribution in [3.63, 3.8) is 0 Å². The summed E-state index contributed by atoms with van der Waals surface area (Å²) in [6, 6.07) is 0. The molecule has 0 spiro atoms. The predicted octanol–water partition coefficient (Wildman–Crippen LogP) is 5.32. The summed E-state index contributed by atoms with van der Waals surface area (Å²) in [6.45, 7) is 4.85. The molecule has 3 fully saturated rings. The van der Waals surface area contributed by atoms with Gasteiger partial charge in [0.1, 0.15) is 0 Å². The molecule has 25 heavy (non-hydrogen) atoms. The van der Waals surface area contributed by atoms with Crippen molar-refractivity contribution in [3.8, 4) is 0 Å². The molecule has 3 saturated carbocycles. The summed E-state index contributed by atoms with van der Waals surface area (Å²) in [6.07, 6.45) is 13.6. The van der Waals surface area contributed by atoms with E-state index in [1.54, 1.807) is 5.57 Å². The number of ether oxygens (including phenoxy) is 1. The van der Waals surface area contributed by atoms with Crippen molar-refractivity contribution < 1.29 is 14.6 Å². The van der Waals surface area contributed by atoms with E-state index >= 15 is 0 Å². The zero-order valence-electron chi connectivity index (χ0n) is 15.9. The number of fused-ring (bicyclic) bond motifs is 5. The number of hydrogen-bond acceptors (Lipinski definition) is 2. The van der Waals surface area contributed by atoms with Crippen LogP contribution in [0.3, 0.4) is 0 Å². The van der Waals surface area contributed by atoms with Crippen LogP contribution < -0.4 is 0 Å². The van der Waals surface area contributed by atoms with Gasteiger partial charge < -0.3 is 9.84 Å². The van der Waals surface area contributed by atoms with Crippen molar-refractivity contribution in [2.45, 2.75) is 71.6 Å². The van der Waals surface area contributed by atoms with Gasteiger partial charge in [-0.3, -0.25) is 0 Å². The van der Waals surface area contributed by atoms with Gasteiger partial charge in [0.2, 0.25) is 5.76 Å². The van der Waals surface area contributed by atoms with Crippen LogP contribution in [0.5, 0.6) is 0 Å². The summed E-state index contributed by atoms with van der Waals surface area (Å²) >= 11 is 0. The first-order valence-electron chi connectivity index (χ1n) is 10.1. The maximum absolute atomic E-state index is 11.7. The van der Waals surface area contributed by atoms with Crippen LogP contribution in [0.25, 0.3) is 0 Å². The van der Waals surface area contributed by atoms with Gasteiger partial charge in [0, 0.05) is 0 Å². The molecule has 1 N–H and O–H groups in total. The van der Waals surface area contributed by atoms with E-state index in [4.69, 9.17) is 4.74 Å².